The predicted molar refractivity (Wildman–Crippen MR) is 150 cm³/mol. The number of carbonyl (C=O) groups is 2. The number of phenolic OH excluding ortho intramolecular Hbond substituents is 1. The summed E-state index contributed by atoms with van der Waals surface area (Å²) in [6.45, 7) is 5.88. The van der Waals surface area contributed by atoms with E-state index in [1.807, 2.05) is 50.2 Å². The zero-order valence-corrected chi connectivity index (χ0v) is 21.9. The number of aliphatic hydroxyl groups excluding tert-OH is 1. The number of phenols is 1. The summed E-state index contributed by atoms with van der Waals surface area (Å²) in [4.78, 5) is 28.7. The van der Waals surface area contributed by atoms with Crippen molar-refractivity contribution in [2.45, 2.75) is 32.9 Å². The number of ether oxygens (including phenoxy) is 2. The highest BCUT2D eigenvalue weighted by atomic mass is 16.5. The van der Waals surface area contributed by atoms with Crippen molar-refractivity contribution in [3.8, 4) is 17.2 Å². The van der Waals surface area contributed by atoms with Gasteiger partial charge in [0, 0.05) is 10.9 Å². The molecule has 0 saturated carbocycles. The lowest BCUT2D eigenvalue weighted by Crippen LogP contribution is -2.29. The fourth-order valence-corrected chi connectivity index (χ4v) is 4.93. The predicted octanol–water partition coefficient (Wildman–Crippen LogP) is 6.36. The van der Waals surface area contributed by atoms with E-state index in [0.29, 0.717) is 29.2 Å². The van der Waals surface area contributed by atoms with E-state index in [9.17, 15) is 19.8 Å². The molecule has 1 unspecified atom stereocenters. The molecule has 7 heteroatoms. The van der Waals surface area contributed by atoms with Gasteiger partial charge in [0.1, 0.15) is 11.5 Å². The minimum Gasteiger partial charge on any atom is -0.507 e. The average Bonchev–Trinajstić information content (AvgIpc) is 3.19. The molecule has 39 heavy (non-hydrogen) atoms. The molecule has 1 fully saturated rings. The highest BCUT2D eigenvalue weighted by Crippen LogP contribution is 2.45. The first-order valence-corrected chi connectivity index (χ1v) is 12.8. The Morgan fingerprint density at radius 2 is 1.69 bits per heavy atom. The Bertz CT molecular complexity index is 1600. The molecule has 0 aromatic heterocycles. The van der Waals surface area contributed by atoms with Gasteiger partial charge in [-0.25, -0.2) is 0 Å². The van der Waals surface area contributed by atoms with Crippen molar-refractivity contribution in [1.82, 2.24) is 0 Å². The molecule has 198 valence electrons. The van der Waals surface area contributed by atoms with Crippen molar-refractivity contribution < 1.29 is 29.3 Å². The topological polar surface area (TPSA) is 96.3 Å². The number of benzene rings is 4. The number of anilines is 1. The van der Waals surface area contributed by atoms with Crippen LogP contribution in [0.2, 0.25) is 0 Å². The van der Waals surface area contributed by atoms with E-state index in [1.165, 1.54) is 11.0 Å². The number of hydrogen-bond acceptors (Lipinski definition) is 6. The Morgan fingerprint density at radius 3 is 2.46 bits per heavy atom. The van der Waals surface area contributed by atoms with Crippen molar-refractivity contribution in [3.05, 3.63) is 102 Å². The summed E-state index contributed by atoms with van der Waals surface area (Å²) in [6, 6.07) is 23.6. The smallest absolute Gasteiger partial charge is 0.300 e. The summed E-state index contributed by atoms with van der Waals surface area (Å²) in [5, 5.41) is 23.6. The third-order valence-electron chi connectivity index (χ3n) is 6.55. The number of rotatable bonds is 7. The zero-order valence-electron chi connectivity index (χ0n) is 21.9. The lowest BCUT2D eigenvalue weighted by Gasteiger charge is -2.27. The van der Waals surface area contributed by atoms with Crippen molar-refractivity contribution in [3.63, 3.8) is 0 Å². The molecule has 0 bridgehead atoms. The molecule has 1 amide bonds. The third kappa shape index (κ3) is 4.79. The van der Waals surface area contributed by atoms with Gasteiger partial charge in [0.05, 0.1) is 30.0 Å². The number of fused-ring (bicyclic) bond motifs is 1. The molecule has 1 atom stereocenters. The highest BCUT2D eigenvalue weighted by molar-refractivity contribution is 6.52. The van der Waals surface area contributed by atoms with Crippen molar-refractivity contribution in [2.75, 3.05) is 11.5 Å². The van der Waals surface area contributed by atoms with Gasteiger partial charge in [0.2, 0.25) is 0 Å². The summed E-state index contributed by atoms with van der Waals surface area (Å²) >= 11 is 0. The summed E-state index contributed by atoms with van der Waals surface area (Å²) in [7, 11) is 0. The Balaban J connectivity index is 1.75. The van der Waals surface area contributed by atoms with E-state index < -0.39 is 17.7 Å². The van der Waals surface area contributed by atoms with Crippen molar-refractivity contribution in [1.29, 1.82) is 0 Å². The normalized spacial score (nSPS) is 16.7. The quantitative estimate of drug-likeness (QED) is 0.166. The number of aliphatic hydroxyl groups is 1. The number of ketones is 1. The Morgan fingerprint density at radius 1 is 0.949 bits per heavy atom. The summed E-state index contributed by atoms with van der Waals surface area (Å²) in [5.41, 5.74) is 1.31. The average molecular weight is 524 g/mol. The molecule has 0 spiro atoms. The molecule has 1 saturated heterocycles. The minimum atomic E-state index is -0.981. The van der Waals surface area contributed by atoms with Crippen LogP contribution in [0.4, 0.5) is 5.69 Å². The Labute approximate surface area is 226 Å². The molecule has 5 rings (SSSR count). The molecule has 1 aliphatic rings. The lowest BCUT2D eigenvalue weighted by atomic mass is 9.94. The monoisotopic (exact) mass is 523 g/mol. The van der Waals surface area contributed by atoms with Gasteiger partial charge in [-0.05, 0) is 62.1 Å². The molecule has 1 aliphatic heterocycles. The molecule has 4 aromatic carbocycles. The standard InChI is InChI=1S/C32H29NO6/c1-4-38-27-18-21(15-16-26(27)34)29-28(30(35)22-11-7-12-23(17-22)39-19(2)3)31(36)32(37)33(29)25-14-8-10-20-9-5-6-13-24(20)25/h5-19,29,34-35H,4H2,1-3H3/b30-28+. The summed E-state index contributed by atoms with van der Waals surface area (Å²) < 4.78 is 11.4. The van der Waals surface area contributed by atoms with Gasteiger partial charge < -0.3 is 19.7 Å². The second-order valence-electron chi connectivity index (χ2n) is 9.52. The van der Waals surface area contributed by atoms with E-state index in [4.69, 9.17) is 9.47 Å². The van der Waals surface area contributed by atoms with Crippen LogP contribution in [0.1, 0.15) is 37.9 Å². The summed E-state index contributed by atoms with van der Waals surface area (Å²) in [5.74, 6) is -1.23. The van der Waals surface area contributed by atoms with Crippen molar-refractivity contribution >= 4 is 33.9 Å². The number of aromatic hydroxyl groups is 1. The maximum atomic E-state index is 13.7. The van der Waals surface area contributed by atoms with Gasteiger partial charge >= 0.3 is 0 Å². The van der Waals surface area contributed by atoms with E-state index >= 15 is 0 Å². The first kappa shape index (κ1) is 25.9. The molecular formula is C32H29NO6. The zero-order chi connectivity index (χ0) is 27.7. The van der Waals surface area contributed by atoms with Crippen LogP contribution in [-0.2, 0) is 9.59 Å². The van der Waals surface area contributed by atoms with Crippen LogP contribution < -0.4 is 14.4 Å². The number of amides is 1. The molecule has 0 radical (unpaired) electrons. The lowest BCUT2D eigenvalue weighted by molar-refractivity contribution is -0.132. The van der Waals surface area contributed by atoms with Gasteiger partial charge in [0.25, 0.3) is 11.7 Å². The third-order valence-corrected chi connectivity index (χ3v) is 6.55. The van der Waals surface area contributed by atoms with Crippen LogP contribution in [0.25, 0.3) is 16.5 Å². The van der Waals surface area contributed by atoms with Crippen LogP contribution in [0.5, 0.6) is 17.2 Å². The number of nitrogens with zero attached hydrogens (tertiary/aromatic N) is 1. The highest BCUT2D eigenvalue weighted by Gasteiger charge is 2.47. The molecule has 7 nitrogen and oxygen atoms in total. The number of Topliss-reactive ketones (excluding diaryl/α,β-unsaturated/α-hetero) is 1. The first-order valence-electron chi connectivity index (χ1n) is 12.8. The first-order chi connectivity index (χ1) is 18.8. The summed E-state index contributed by atoms with van der Waals surface area (Å²) in [6.07, 6.45) is -0.0895. The SMILES string of the molecule is CCOc1cc(C2/C(=C(\O)c3cccc(OC(C)C)c3)C(=O)C(=O)N2c2cccc3ccccc23)ccc1O. The molecule has 0 aliphatic carbocycles. The Kier molecular flexibility index (Phi) is 6.98. The molecule has 1 heterocycles. The van der Waals surface area contributed by atoms with E-state index in [0.717, 1.165) is 10.8 Å². The van der Waals surface area contributed by atoms with E-state index in [1.54, 1.807) is 49.4 Å². The fourth-order valence-electron chi connectivity index (χ4n) is 4.93. The van der Waals surface area contributed by atoms with Crippen LogP contribution >= 0.6 is 0 Å². The Hall–Kier alpha value is -4.78. The number of hydrogen-bond donors (Lipinski definition) is 2. The van der Waals surface area contributed by atoms with Crippen LogP contribution in [-0.4, -0.2) is 34.6 Å². The fraction of sp³-hybridized carbons (Fsp3) is 0.188. The van der Waals surface area contributed by atoms with Gasteiger partial charge in [-0.15, -0.1) is 0 Å². The molecule has 2 N–H and O–H groups in total. The second kappa shape index (κ2) is 10.5. The molecule has 4 aromatic rings. The van der Waals surface area contributed by atoms with Crippen LogP contribution in [0.3, 0.4) is 0 Å². The molecular weight excluding hydrogens is 494 g/mol. The van der Waals surface area contributed by atoms with Gasteiger partial charge in [-0.2, -0.15) is 0 Å². The minimum absolute atomic E-state index is 0.0669. The van der Waals surface area contributed by atoms with E-state index in [2.05, 4.69) is 0 Å². The van der Waals surface area contributed by atoms with Gasteiger partial charge in [0.15, 0.2) is 11.5 Å². The van der Waals surface area contributed by atoms with Gasteiger partial charge in [-0.1, -0.05) is 54.6 Å². The second-order valence-corrected chi connectivity index (χ2v) is 9.52. The van der Waals surface area contributed by atoms with Crippen LogP contribution in [0.15, 0.2) is 90.5 Å². The van der Waals surface area contributed by atoms with E-state index in [-0.39, 0.29) is 28.9 Å². The van der Waals surface area contributed by atoms with Gasteiger partial charge in [-0.3, -0.25) is 14.5 Å². The largest absolute Gasteiger partial charge is 0.507 e. The maximum absolute atomic E-state index is 13.7. The number of carbonyl (C=O) groups excluding carboxylic acids is 2. The maximum Gasteiger partial charge on any atom is 0.300 e. The van der Waals surface area contributed by atoms with Crippen molar-refractivity contribution in [2.24, 2.45) is 0 Å². The van der Waals surface area contributed by atoms with Crippen LogP contribution in [0, 0.1) is 0 Å².